The summed E-state index contributed by atoms with van der Waals surface area (Å²) in [6.45, 7) is 3.30. The van der Waals surface area contributed by atoms with Gasteiger partial charge in [-0.15, -0.1) is 0 Å². The van der Waals surface area contributed by atoms with E-state index in [1.165, 1.54) is 0 Å². The third kappa shape index (κ3) is 2.34. The van der Waals surface area contributed by atoms with Gasteiger partial charge in [0, 0.05) is 6.54 Å². The van der Waals surface area contributed by atoms with E-state index in [4.69, 9.17) is 4.74 Å². The number of aliphatic carboxylic acids is 1. The van der Waals surface area contributed by atoms with Gasteiger partial charge in [-0.1, -0.05) is 12.1 Å². The Labute approximate surface area is 107 Å². The first kappa shape index (κ1) is 12.9. The SMILES string of the molecule is COc1ccc(CC2(C(=O)O)CCNC2)cc1C. The van der Waals surface area contributed by atoms with E-state index in [0.29, 0.717) is 19.4 Å². The van der Waals surface area contributed by atoms with Crippen LogP contribution in [-0.2, 0) is 11.2 Å². The highest BCUT2D eigenvalue weighted by Gasteiger charge is 2.41. The predicted molar refractivity (Wildman–Crippen MR) is 69.0 cm³/mol. The minimum atomic E-state index is -0.707. The summed E-state index contributed by atoms with van der Waals surface area (Å²) < 4.78 is 5.21. The van der Waals surface area contributed by atoms with E-state index in [0.717, 1.165) is 23.4 Å². The molecule has 1 aliphatic rings. The lowest BCUT2D eigenvalue weighted by Crippen LogP contribution is -2.35. The minimum Gasteiger partial charge on any atom is -0.496 e. The summed E-state index contributed by atoms with van der Waals surface area (Å²) in [5, 5.41) is 12.6. The van der Waals surface area contributed by atoms with Crippen molar-refractivity contribution in [3.05, 3.63) is 29.3 Å². The predicted octanol–water partition coefficient (Wildman–Crippen LogP) is 1.61. The highest BCUT2D eigenvalue weighted by atomic mass is 16.5. The van der Waals surface area contributed by atoms with Crippen LogP contribution in [0.3, 0.4) is 0 Å². The molecule has 0 radical (unpaired) electrons. The lowest BCUT2D eigenvalue weighted by atomic mass is 9.80. The average Bonchev–Trinajstić information content (AvgIpc) is 2.79. The summed E-state index contributed by atoms with van der Waals surface area (Å²) in [6.07, 6.45) is 1.26. The zero-order valence-electron chi connectivity index (χ0n) is 10.8. The van der Waals surface area contributed by atoms with Crippen LogP contribution in [0.15, 0.2) is 18.2 Å². The maximum Gasteiger partial charge on any atom is 0.311 e. The standard InChI is InChI=1S/C14H19NO3/c1-10-7-11(3-4-12(10)18-2)8-14(13(16)17)5-6-15-9-14/h3-4,7,15H,5-6,8-9H2,1-2H3,(H,16,17). The number of ether oxygens (including phenoxy) is 1. The van der Waals surface area contributed by atoms with Crippen LogP contribution in [0.4, 0.5) is 0 Å². The average molecular weight is 249 g/mol. The van der Waals surface area contributed by atoms with E-state index in [-0.39, 0.29) is 0 Å². The lowest BCUT2D eigenvalue weighted by Gasteiger charge is -2.23. The van der Waals surface area contributed by atoms with E-state index in [2.05, 4.69) is 5.32 Å². The van der Waals surface area contributed by atoms with Gasteiger partial charge in [-0.05, 0) is 43.5 Å². The van der Waals surface area contributed by atoms with Crippen LogP contribution in [0.2, 0.25) is 0 Å². The van der Waals surface area contributed by atoms with Gasteiger partial charge in [0.05, 0.1) is 12.5 Å². The number of hydrogen-bond donors (Lipinski definition) is 2. The molecule has 98 valence electrons. The first-order chi connectivity index (χ1) is 8.57. The van der Waals surface area contributed by atoms with Crippen molar-refractivity contribution in [2.45, 2.75) is 19.8 Å². The number of benzene rings is 1. The Morgan fingerprint density at radius 2 is 2.33 bits per heavy atom. The van der Waals surface area contributed by atoms with Gasteiger partial charge < -0.3 is 15.2 Å². The molecule has 1 saturated heterocycles. The normalized spacial score (nSPS) is 23.0. The second-order valence-electron chi connectivity index (χ2n) is 4.99. The highest BCUT2D eigenvalue weighted by Crippen LogP contribution is 2.31. The maximum atomic E-state index is 11.5. The first-order valence-electron chi connectivity index (χ1n) is 6.15. The Bertz CT molecular complexity index is 450. The fourth-order valence-corrected chi connectivity index (χ4v) is 2.59. The Morgan fingerprint density at radius 3 is 2.83 bits per heavy atom. The van der Waals surface area contributed by atoms with Crippen LogP contribution >= 0.6 is 0 Å². The van der Waals surface area contributed by atoms with Gasteiger partial charge >= 0.3 is 5.97 Å². The first-order valence-corrected chi connectivity index (χ1v) is 6.15. The summed E-state index contributed by atoms with van der Waals surface area (Å²) in [6, 6.07) is 5.87. The van der Waals surface area contributed by atoms with Gasteiger partial charge in [-0.2, -0.15) is 0 Å². The number of carbonyl (C=O) groups is 1. The zero-order chi connectivity index (χ0) is 13.2. The van der Waals surface area contributed by atoms with Crippen molar-refractivity contribution < 1.29 is 14.6 Å². The second kappa shape index (κ2) is 4.98. The van der Waals surface area contributed by atoms with Gasteiger partial charge in [-0.25, -0.2) is 0 Å². The molecular weight excluding hydrogens is 230 g/mol. The summed E-state index contributed by atoms with van der Waals surface area (Å²) in [5.41, 5.74) is 1.45. The van der Waals surface area contributed by atoms with Crippen LogP contribution in [0.1, 0.15) is 17.5 Å². The van der Waals surface area contributed by atoms with Gasteiger partial charge in [0.25, 0.3) is 0 Å². The monoisotopic (exact) mass is 249 g/mol. The third-order valence-corrected chi connectivity index (χ3v) is 3.70. The topological polar surface area (TPSA) is 58.6 Å². The maximum absolute atomic E-state index is 11.5. The molecule has 0 aromatic heterocycles. The molecule has 1 atom stereocenters. The largest absolute Gasteiger partial charge is 0.496 e. The van der Waals surface area contributed by atoms with Gasteiger partial charge in [0.15, 0.2) is 0 Å². The van der Waals surface area contributed by atoms with Crippen LogP contribution < -0.4 is 10.1 Å². The molecule has 4 heteroatoms. The Morgan fingerprint density at radius 1 is 1.56 bits per heavy atom. The molecule has 1 aliphatic heterocycles. The Kier molecular flexibility index (Phi) is 3.57. The zero-order valence-corrected chi connectivity index (χ0v) is 10.8. The second-order valence-corrected chi connectivity index (χ2v) is 4.99. The molecule has 1 aromatic carbocycles. The van der Waals surface area contributed by atoms with Crippen molar-refractivity contribution in [1.82, 2.24) is 5.32 Å². The Hall–Kier alpha value is -1.55. The fourth-order valence-electron chi connectivity index (χ4n) is 2.59. The molecule has 0 saturated carbocycles. The summed E-state index contributed by atoms with van der Waals surface area (Å²) in [4.78, 5) is 11.5. The number of methoxy groups -OCH3 is 1. The molecule has 2 rings (SSSR count). The van der Waals surface area contributed by atoms with Crippen molar-refractivity contribution in [2.24, 2.45) is 5.41 Å². The van der Waals surface area contributed by atoms with Crippen LogP contribution in [0.5, 0.6) is 5.75 Å². The molecule has 1 aromatic rings. The number of carboxylic acids is 1. The lowest BCUT2D eigenvalue weighted by molar-refractivity contribution is -0.147. The molecule has 1 heterocycles. The molecule has 1 fully saturated rings. The number of nitrogens with one attached hydrogen (secondary N) is 1. The number of aryl methyl sites for hydroxylation is 1. The molecule has 2 N–H and O–H groups in total. The van der Waals surface area contributed by atoms with E-state index in [1.807, 2.05) is 25.1 Å². The van der Waals surface area contributed by atoms with Gasteiger partial charge in [0.1, 0.15) is 5.75 Å². The molecule has 0 amide bonds. The summed E-state index contributed by atoms with van der Waals surface area (Å²) >= 11 is 0. The number of carboxylic acid groups (broad SMARTS) is 1. The third-order valence-electron chi connectivity index (χ3n) is 3.70. The Balaban J connectivity index is 2.22. The van der Waals surface area contributed by atoms with Gasteiger partial charge in [-0.3, -0.25) is 4.79 Å². The van der Waals surface area contributed by atoms with E-state index >= 15 is 0 Å². The molecule has 0 aliphatic carbocycles. The summed E-state index contributed by atoms with van der Waals surface area (Å²) in [7, 11) is 1.64. The highest BCUT2D eigenvalue weighted by molar-refractivity contribution is 5.76. The molecule has 4 nitrogen and oxygen atoms in total. The van der Waals surface area contributed by atoms with Crippen LogP contribution in [0.25, 0.3) is 0 Å². The molecular formula is C14H19NO3. The van der Waals surface area contributed by atoms with Crippen molar-refractivity contribution in [3.63, 3.8) is 0 Å². The van der Waals surface area contributed by atoms with Crippen LogP contribution in [0, 0.1) is 12.3 Å². The molecule has 18 heavy (non-hydrogen) atoms. The molecule has 0 spiro atoms. The molecule has 0 bridgehead atoms. The number of hydrogen-bond acceptors (Lipinski definition) is 3. The number of rotatable bonds is 4. The van der Waals surface area contributed by atoms with E-state index in [9.17, 15) is 9.90 Å². The van der Waals surface area contributed by atoms with E-state index < -0.39 is 11.4 Å². The van der Waals surface area contributed by atoms with Gasteiger partial charge in [0.2, 0.25) is 0 Å². The quantitative estimate of drug-likeness (QED) is 0.851. The summed E-state index contributed by atoms with van der Waals surface area (Å²) in [5.74, 6) is 0.133. The van der Waals surface area contributed by atoms with Crippen LogP contribution in [-0.4, -0.2) is 31.3 Å². The van der Waals surface area contributed by atoms with Crippen molar-refractivity contribution >= 4 is 5.97 Å². The van der Waals surface area contributed by atoms with E-state index in [1.54, 1.807) is 7.11 Å². The fraction of sp³-hybridized carbons (Fsp3) is 0.500. The van der Waals surface area contributed by atoms with Crippen molar-refractivity contribution in [1.29, 1.82) is 0 Å². The smallest absolute Gasteiger partial charge is 0.311 e. The minimum absolute atomic E-state index is 0.549. The molecule has 1 unspecified atom stereocenters. The van der Waals surface area contributed by atoms with Crippen molar-refractivity contribution in [2.75, 3.05) is 20.2 Å². The van der Waals surface area contributed by atoms with Crippen molar-refractivity contribution in [3.8, 4) is 5.75 Å².